The Morgan fingerprint density at radius 2 is 1.54 bits per heavy atom. The molecule has 0 saturated carbocycles. The highest BCUT2D eigenvalue weighted by Gasteiger charge is 2.35. The summed E-state index contributed by atoms with van der Waals surface area (Å²) < 4.78 is 5.01. The standard InChI is InChI=1S/C20H25NO3/c1-15(24-3)19(22)21-14-20(2,23)18(16-10-6-4-7-11-16)17-12-8-5-9-13-17/h4-13,15,18,23H,14H2,1-3H3,(H,21,22)/t15-,20-/m1/s1. The van der Waals surface area contributed by atoms with Gasteiger partial charge in [-0.2, -0.15) is 0 Å². The first-order valence-electron chi connectivity index (χ1n) is 8.08. The van der Waals surface area contributed by atoms with Crippen LogP contribution in [0.4, 0.5) is 0 Å². The van der Waals surface area contributed by atoms with Crippen molar-refractivity contribution in [1.82, 2.24) is 5.32 Å². The van der Waals surface area contributed by atoms with E-state index in [0.717, 1.165) is 11.1 Å². The van der Waals surface area contributed by atoms with E-state index in [2.05, 4.69) is 5.32 Å². The first-order chi connectivity index (χ1) is 11.5. The first kappa shape index (κ1) is 18.2. The van der Waals surface area contributed by atoms with Gasteiger partial charge in [-0.25, -0.2) is 0 Å². The predicted octanol–water partition coefficient (Wildman–Crippen LogP) is 2.72. The molecule has 128 valence electrons. The second-order valence-corrected chi connectivity index (χ2v) is 6.21. The molecule has 4 nitrogen and oxygen atoms in total. The van der Waals surface area contributed by atoms with Crippen molar-refractivity contribution in [2.75, 3.05) is 13.7 Å². The Bertz CT molecular complexity index is 601. The number of hydrogen-bond donors (Lipinski definition) is 2. The SMILES string of the molecule is CO[C@H](C)C(=O)NC[C@@](C)(O)C(c1ccccc1)c1ccccc1. The summed E-state index contributed by atoms with van der Waals surface area (Å²) in [6.45, 7) is 3.55. The molecule has 0 aliphatic carbocycles. The van der Waals surface area contributed by atoms with Crippen molar-refractivity contribution in [3.63, 3.8) is 0 Å². The van der Waals surface area contributed by atoms with Gasteiger partial charge in [-0.05, 0) is 25.0 Å². The third-order valence-corrected chi connectivity index (χ3v) is 4.23. The quantitative estimate of drug-likeness (QED) is 0.822. The summed E-state index contributed by atoms with van der Waals surface area (Å²) in [5.41, 5.74) is 0.858. The lowest BCUT2D eigenvalue weighted by atomic mass is 9.78. The molecule has 0 heterocycles. The van der Waals surface area contributed by atoms with Crippen LogP contribution in [0.15, 0.2) is 60.7 Å². The molecule has 0 spiro atoms. The fourth-order valence-corrected chi connectivity index (χ4v) is 2.82. The predicted molar refractivity (Wildman–Crippen MR) is 94.8 cm³/mol. The number of carbonyl (C=O) groups excluding carboxylic acids is 1. The Balaban J connectivity index is 2.27. The molecule has 0 saturated heterocycles. The number of benzene rings is 2. The lowest BCUT2D eigenvalue weighted by molar-refractivity contribution is -0.131. The highest BCUT2D eigenvalue weighted by Crippen LogP contribution is 2.34. The Morgan fingerprint density at radius 3 is 1.96 bits per heavy atom. The van der Waals surface area contributed by atoms with Crippen LogP contribution in [0.1, 0.15) is 30.9 Å². The molecule has 2 N–H and O–H groups in total. The summed E-state index contributed by atoms with van der Waals surface area (Å²) in [5, 5.41) is 13.9. The molecule has 1 amide bonds. The molecule has 0 fully saturated rings. The molecule has 2 aromatic rings. The number of aliphatic hydroxyl groups is 1. The number of methoxy groups -OCH3 is 1. The third-order valence-electron chi connectivity index (χ3n) is 4.23. The summed E-state index contributed by atoms with van der Waals surface area (Å²) in [6, 6.07) is 19.7. The average molecular weight is 327 g/mol. The molecular formula is C20H25NO3. The second-order valence-electron chi connectivity index (χ2n) is 6.21. The summed E-state index contributed by atoms with van der Waals surface area (Å²) in [5.74, 6) is -0.490. The van der Waals surface area contributed by atoms with Crippen LogP contribution in [0, 0.1) is 0 Å². The van der Waals surface area contributed by atoms with Gasteiger partial charge < -0.3 is 15.2 Å². The van der Waals surface area contributed by atoms with Crippen LogP contribution in [0.2, 0.25) is 0 Å². The summed E-state index contributed by atoms with van der Waals surface area (Å²) in [7, 11) is 1.49. The van der Waals surface area contributed by atoms with E-state index in [1.807, 2.05) is 60.7 Å². The fourth-order valence-electron chi connectivity index (χ4n) is 2.82. The molecule has 24 heavy (non-hydrogen) atoms. The number of rotatable bonds is 7. The maximum atomic E-state index is 12.0. The zero-order valence-electron chi connectivity index (χ0n) is 14.4. The van der Waals surface area contributed by atoms with Gasteiger partial charge >= 0.3 is 0 Å². The minimum atomic E-state index is -1.15. The minimum Gasteiger partial charge on any atom is -0.387 e. The van der Waals surface area contributed by atoms with Crippen molar-refractivity contribution in [2.45, 2.75) is 31.5 Å². The van der Waals surface area contributed by atoms with Crippen LogP contribution in [0.3, 0.4) is 0 Å². The van der Waals surface area contributed by atoms with Gasteiger partial charge in [-0.15, -0.1) is 0 Å². The number of amides is 1. The zero-order valence-corrected chi connectivity index (χ0v) is 14.4. The lowest BCUT2D eigenvalue weighted by Crippen LogP contribution is -2.47. The van der Waals surface area contributed by atoms with Crippen LogP contribution in [0.25, 0.3) is 0 Å². The van der Waals surface area contributed by atoms with E-state index >= 15 is 0 Å². The van der Waals surface area contributed by atoms with Gasteiger partial charge in [0, 0.05) is 19.6 Å². The normalized spacial score (nSPS) is 14.9. The second kappa shape index (κ2) is 8.08. The van der Waals surface area contributed by atoms with Crippen molar-refractivity contribution in [3.05, 3.63) is 71.8 Å². The van der Waals surface area contributed by atoms with Crippen molar-refractivity contribution >= 4 is 5.91 Å². The van der Waals surface area contributed by atoms with E-state index in [4.69, 9.17) is 4.74 Å². The monoisotopic (exact) mass is 327 g/mol. The van der Waals surface area contributed by atoms with Gasteiger partial charge in [-0.3, -0.25) is 4.79 Å². The molecule has 0 aliphatic rings. The van der Waals surface area contributed by atoms with Crippen LogP contribution in [0.5, 0.6) is 0 Å². The number of ether oxygens (including phenoxy) is 1. The molecule has 2 atom stereocenters. The molecule has 2 aromatic carbocycles. The lowest BCUT2D eigenvalue weighted by Gasteiger charge is -2.34. The van der Waals surface area contributed by atoms with E-state index in [-0.39, 0.29) is 18.4 Å². The summed E-state index contributed by atoms with van der Waals surface area (Å²) >= 11 is 0. The van der Waals surface area contributed by atoms with Gasteiger partial charge in [0.1, 0.15) is 6.10 Å². The topological polar surface area (TPSA) is 58.6 Å². The number of hydrogen-bond acceptors (Lipinski definition) is 3. The van der Waals surface area contributed by atoms with E-state index < -0.39 is 11.7 Å². The van der Waals surface area contributed by atoms with E-state index in [0.29, 0.717) is 0 Å². The maximum absolute atomic E-state index is 12.0. The Kier molecular flexibility index (Phi) is 6.12. The van der Waals surface area contributed by atoms with Crippen molar-refractivity contribution in [3.8, 4) is 0 Å². The molecule has 0 unspecified atom stereocenters. The largest absolute Gasteiger partial charge is 0.387 e. The van der Waals surface area contributed by atoms with Gasteiger partial charge in [0.15, 0.2) is 0 Å². The molecule has 0 bridgehead atoms. The van der Waals surface area contributed by atoms with Gasteiger partial charge in [0.2, 0.25) is 5.91 Å². The van der Waals surface area contributed by atoms with Crippen LogP contribution in [-0.2, 0) is 9.53 Å². The van der Waals surface area contributed by atoms with Crippen LogP contribution in [-0.4, -0.2) is 36.4 Å². The summed E-state index contributed by atoms with van der Waals surface area (Å²) in [6.07, 6.45) is -0.548. The number of carbonyl (C=O) groups is 1. The van der Waals surface area contributed by atoms with Crippen molar-refractivity contribution in [2.24, 2.45) is 0 Å². The van der Waals surface area contributed by atoms with Gasteiger partial charge in [0.05, 0.1) is 5.60 Å². The Morgan fingerprint density at radius 1 is 1.08 bits per heavy atom. The molecule has 0 aromatic heterocycles. The fraction of sp³-hybridized carbons (Fsp3) is 0.350. The van der Waals surface area contributed by atoms with E-state index in [1.54, 1.807) is 13.8 Å². The smallest absolute Gasteiger partial charge is 0.248 e. The van der Waals surface area contributed by atoms with Crippen molar-refractivity contribution < 1.29 is 14.6 Å². The zero-order chi connectivity index (χ0) is 17.6. The number of nitrogens with one attached hydrogen (secondary N) is 1. The molecule has 2 rings (SSSR count). The maximum Gasteiger partial charge on any atom is 0.248 e. The van der Waals surface area contributed by atoms with Crippen LogP contribution >= 0.6 is 0 Å². The highest BCUT2D eigenvalue weighted by atomic mass is 16.5. The van der Waals surface area contributed by atoms with Crippen molar-refractivity contribution in [1.29, 1.82) is 0 Å². The average Bonchev–Trinajstić information content (AvgIpc) is 2.61. The van der Waals surface area contributed by atoms with Crippen LogP contribution < -0.4 is 5.32 Å². The molecular weight excluding hydrogens is 302 g/mol. The van der Waals surface area contributed by atoms with E-state index in [9.17, 15) is 9.90 Å². The summed E-state index contributed by atoms with van der Waals surface area (Å²) in [4.78, 5) is 12.0. The Hall–Kier alpha value is -2.17. The Labute approximate surface area is 143 Å². The molecule has 0 aliphatic heterocycles. The van der Waals surface area contributed by atoms with E-state index in [1.165, 1.54) is 7.11 Å². The molecule has 4 heteroatoms. The van der Waals surface area contributed by atoms with Gasteiger partial charge in [-0.1, -0.05) is 60.7 Å². The molecule has 0 radical (unpaired) electrons. The minimum absolute atomic E-state index is 0.133. The third kappa shape index (κ3) is 4.43. The highest BCUT2D eigenvalue weighted by molar-refractivity contribution is 5.80. The van der Waals surface area contributed by atoms with Gasteiger partial charge in [0.25, 0.3) is 0 Å². The first-order valence-corrected chi connectivity index (χ1v) is 8.08.